The van der Waals surface area contributed by atoms with Crippen LogP contribution in [0.25, 0.3) is 0 Å². The molecule has 94 valence electrons. The van der Waals surface area contributed by atoms with Crippen LogP contribution in [0.15, 0.2) is 0 Å². The van der Waals surface area contributed by atoms with Gasteiger partial charge in [0.1, 0.15) is 0 Å². The van der Waals surface area contributed by atoms with Gasteiger partial charge in [-0.3, -0.25) is 4.79 Å². The van der Waals surface area contributed by atoms with Crippen LogP contribution in [0.3, 0.4) is 0 Å². The van der Waals surface area contributed by atoms with Gasteiger partial charge >= 0.3 is 0 Å². The van der Waals surface area contributed by atoms with E-state index < -0.39 is 5.60 Å². The van der Waals surface area contributed by atoms with E-state index >= 15 is 0 Å². The van der Waals surface area contributed by atoms with Crippen LogP contribution in [-0.4, -0.2) is 46.7 Å². The Balaban J connectivity index is 2.57. The smallest absolute Gasteiger partial charge is 0.239 e. The van der Waals surface area contributed by atoms with E-state index in [0.29, 0.717) is 12.6 Å². The molecule has 1 saturated heterocycles. The van der Waals surface area contributed by atoms with E-state index in [-0.39, 0.29) is 11.9 Å². The second-order valence-corrected chi connectivity index (χ2v) is 5.59. The Kier molecular flexibility index (Phi) is 4.33. The topological polar surface area (TPSA) is 52.6 Å². The summed E-state index contributed by atoms with van der Waals surface area (Å²) >= 11 is 0. The Bertz CT molecular complexity index is 246. The molecule has 1 atom stereocenters. The van der Waals surface area contributed by atoms with Crippen LogP contribution in [0.1, 0.15) is 40.5 Å². The predicted octanol–water partition coefficient (Wildman–Crippen LogP) is 0.746. The zero-order chi connectivity index (χ0) is 12.3. The highest BCUT2D eigenvalue weighted by Gasteiger charge is 2.31. The second kappa shape index (κ2) is 5.15. The first-order valence-corrected chi connectivity index (χ1v) is 6.07. The Labute approximate surface area is 98.0 Å². The molecule has 4 heteroatoms. The standard InChI is InChI=1S/C12H24N2O2/c1-9(2)13-10-6-5-7-14(11(10)15)8-12(3,4)16/h9-10,13,16H,5-8H2,1-4H3. The molecule has 1 unspecified atom stereocenters. The maximum atomic E-state index is 12.1. The molecule has 0 saturated carbocycles. The van der Waals surface area contributed by atoms with E-state index in [9.17, 15) is 9.90 Å². The molecule has 0 spiro atoms. The normalized spacial score (nSPS) is 23.0. The molecule has 1 aliphatic heterocycles. The molecule has 0 radical (unpaired) electrons. The Hall–Kier alpha value is -0.610. The maximum absolute atomic E-state index is 12.1. The number of carbonyl (C=O) groups is 1. The Morgan fingerprint density at radius 3 is 2.69 bits per heavy atom. The number of carbonyl (C=O) groups excluding carboxylic acids is 1. The van der Waals surface area contributed by atoms with Crippen molar-refractivity contribution < 1.29 is 9.90 Å². The summed E-state index contributed by atoms with van der Waals surface area (Å²) in [5.41, 5.74) is -0.810. The van der Waals surface area contributed by atoms with Crippen molar-refractivity contribution in [2.75, 3.05) is 13.1 Å². The molecule has 0 aliphatic carbocycles. The predicted molar refractivity (Wildman–Crippen MR) is 64.2 cm³/mol. The molecule has 0 aromatic heterocycles. The zero-order valence-electron chi connectivity index (χ0n) is 10.8. The first-order valence-electron chi connectivity index (χ1n) is 6.07. The minimum atomic E-state index is -0.810. The minimum absolute atomic E-state index is 0.0731. The third-order valence-corrected chi connectivity index (χ3v) is 2.64. The Morgan fingerprint density at radius 1 is 1.56 bits per heavy atom. The first kappa shape index (κ1) is 13.5. The maximum Gasteiger partial charge on any atom is 0.239 e. The van der Waals surface area contributed by atoms with Crippen molar-refractivity contribution in [2.45, 2.75) is 58.2 Å². The van der Waals surface area contributed by atoms with E-state index in [1.54, 1.807) is 18.7 Å². The average Bonchev–Trinajstić information content (AvgIpc) is 2.09. The number of nitrogens with one attached hydrogen (secondary N) is 1. The Morgan fingerprint density at radius 2 is 2.19 bits per heavy atom. The van der Waals surface area contributed by atoms with E-state index in [4.69, 9.17) is 0 Å². The quantitative estimate of drug-likeness (QED) is 0.746. The molecule has 1 amide bonds. The van der Waals surface area contributed by atoms with Crippen molar-refractivity contribution in [3.8, 4) is 0 Å². The summed E-state index contributed by atoms with van der Waals surface area (Å²) in [6, 6.07) is 0.243. The molecular formula is C12H24N2O2. The molecule has 0 bridgehead atoms. The first-order chi connectivity index (χ1) is 7.29. The fourth-order valence-electron chi connectivity index (χ4n) is 2.12. The van der Waals surface area contributed by atoms with Gasteiger partial charge in [-0.25, -0.2) is 0 Å². The lowest BCUT2D eigenvalue weighted by Gasteiger charge is -2.36. The lowest BCUT2D eigenvalue weighted by atomic mass is 10.0. The fraction of sp³-hybridized carbons (Fsp3) is 0.917. The average molecular weight is 228 g/mol. The SMILES string of the molecule is CC(C)NC1CCCN(CC(C)(C)O)C1=O. The van der Waals surface area contributed by atoms with Gasteiger partial charge in [-0.05, 0) is 26.7 Å². The highest BCUT2D eigenvalue weighted by molar-refractivity contribution is 5.82. The number of aliphatic hydroxyl groups is 1. The van der Waals surface area contributed by atoms with Gasteiger partial charge in [-0.15, -0.1) is 0 Å². The lowest BCUT2D eigenvalue weighted by molar-refractivity contribution is -0.139. The van der Waals surface area contributed by atoms with Crippen molar-refractivity contribution in [3.63, 3.8) is 0 Å². The van der Waals surface area contributed by atoms with Gasteiger partial charge in [0.05, 0.1) is 11.6 Å². The fourth-order valence-corrected chi connectivity index (χ4v) is 2.12. The van der Waals surface area contributed by atoms with Gasteiger partial charge in [-0.1, -0.05) is 13.8 Å². The number of hydrogen-bond acceptors (Lipinski definition) is 3. The lowest BCUT2D eigenvalue weighted by Crippen LogP contribution is -2.55. The van der Waals surface area contributed by atoms with Gasteiger partial charge < -0.3 is 15.3 Å². The van der Waals surface area contributed by atoms with E-state index in [0.717, 1.165) is 19.4 Å². The van der Waals surface area contributed by atoms with Crippen molar-refractivity contribution in [1.29, 1.82) is 0 Å². The summed E-state index contributed by atoms with van der Waals surface area (Å²) in [6.45, 7) is 8.74. The highest BCUT2D eigenvalue weighted by atomic mass is 16.3. The van der Waals surface area contributed by atoms with Crippen LogP contribution < -0.4 is 5.32 Å². The van der Waals surface area contributed by atoms with Crippen LogP contribution in [0.5, 0.6) is 0 Å². The van der Waals surface area contributed by atoms with Gasteiger partial charge in [0.2, 0.25) is 5.91 Å². The van der Waals surface area contributed by atoms with Crippen LogP contribution in [0.2, 0.25) is 0 Å². The van der Waals surface area contributed by atoms with Crippen LogP contribution >= 0.6 is 0 Å². The summed E-state index contributed by atoms with van der Waals surface area (Å²) in [5.74, 6) is 0.127. The van der Waals surface area contributed by atoms with Gasteiger partial charge in [-0.2, -0.15) is 0 Å². The number of β-amino-alcohol motifs (C(OH)–C–C–N with tert-alkyl or cyclic N) is 1. The zero-order valence-corrected chi connectivity index (χ0v) is 10.8. The van der Waals surface area contributed by atoms with Crippen LogP contribution in [0, 0.1) is 0 Å². The summed E-state index contributed by atoms with van der Waals surface area (Å²) < 4.78 is 0. The monoisotopic (exact) mass is 228 g/mol. The van der Waals surface area contributed by atoms with E-state index in [1.165, 1.54) is 0 Å². The molecule has 0 aromatic rings. The summed E-state index contributed by atoms with van der Waals surface area (Å²) in [7, 11) is 0. The number of amides is 1. The number of hydrogen-bond donors (Lipinski definition) is 2. The molecule has 16 heavy (non-hydrogen) atoms. The molecule has 2 N–H and O–H groups in total. The molecular weight excluding hydrogens is 204 g/mol. The van der Waals surface area contributed by atoms with Crippen molar-refractivity contribution in [3.05, 3.63) is 0 Å². The third-order valence-electron chi connectivity index (χ3n) is 2.64. The molecule has 1 rings (SSSR count). The highest BCUT2D eigenvalue weighted by Crippen LogP contribution is 2.15. The van der Waals surface area contributed by atoms with Crippen molar-refractivity contribution >= 4 is 5.91 Å². The third kappa shape index (κ3) is 4.10. The van der Waals surface area contributed by atoms with Crippen molar-refractivity contribution in [2.24, 2.45) is 0 Å². The molecule has 4 nitrogen and oxygen atoms in total. The number of piperidine rings is 1. The van der Waals surface area contributed by atoms with Crippen LogP contribution in [-0.2, 0) is 4.79 Å². The number of rotatable bonds is 4. The molecule has 1 aliphatic rings. The number of likely N-dealkylation sites (tertiary alicyclic amines) is 1. The van der Waals surface area contributed by atoms with Crippen molar-refractivity contribution in [1.82, 2.24) is 10.2 Å². The van der Waals surface area contributed by atoms with E-state index in [1.807, 2.05) is 13.8 Å². The van der Waals surface area contributed by atoms with Gasteiger partial charge in [0.25, 0.3) is 0 Å². The largest absolute Gasteiger partial charge is 0.389 e. The molecule has 0 aromatic carbocycles. The summed E-state index contributed by atoms with van der Waals surface area (Å²) in [6.07, 6.45) is 1.91. The van der Waals surface area contributed by atoms with Crippen LogP contribution in [0.4, 0.5) is 0 Å². The molecule has 1 heterocycles. The summed E-state index contributed by atoms with van der Waals surface area (Å²) in [5, 5.41) is 13.0. The van der Waals surface area contributed by atoms with Gasteiger partial charge in [0.15, 0.2) is 0 Å². The van der Waals surface area contributed by atoms with E-state index in [2.05, 4.69) is 5.32 Å². The summed E-state index contributed by atoms with van der Waals surface area (Å²) in [4.78, 5) is 13.9. The molecule has 1 fully saturated rings. The van der Waals surface area contributed by atoms with Gasteiger partial charge in [0, 0.05) is 19.1 Å². The second-order valence-electron chi connectivity index (χ2n) is 5.59. The number of nitrogens with zero attached hydrogens (tertiary/aromatic N) is 1. The minimum Gasteiger partial charge on any atom is -0.389 e.